The van der Waals surface area contributed by atoms with Gasteiger partial charge in [-0.3, -0.25) is 4.79 Å². The van der Waals surface area contributed by atoms with E-state index in [1.807, 2.05) is 6.07 Å². The molecule has 0 atom stereocenters. The quantitative estimate of drug-likeness (QED) is 0.375. The number of nitrogens with zero attached hydrogens (tertiary/aromatic N) is 7. The van der Waals surface area contributed by atoms with Crippen LogP contribution in [0.5, 0.6) is 0 Å². The van der Waals surface area contributed by atoms with E-state index in [4.69, 9.17) is 0 Å². The van der Waals surface area contributed by atoms with Crippen molar-refractivity contribution < 1.29 is 22.4 Å². The summed E-state index contributed by atoms with van der Waals surface area (Å²) in [6.07, 6.45) is -0.140. The second kappa shape index (κ2) is 8.58. The van der Waals surface area contributed by atoms with E-state index in [0.29, 0.717) is 5.39 Å². The van der Waals surface area contributed by atoms with Crippen LogP contribution in [0.4, 0.5) is 23.2 Å². The maximum Gasteiger partial charge on any atom is 0.435 e. The van der Waals surface area contributed by atoms with Crippen LogP contribution >= 0.6 is 0 Å². The van der Waals surface area contributed by atoms with Gasteiger partial charge >= 0.3 is 6.18 Å². The van der Waals surface area contributed by atoms with Gasteiger partial charge in [0, 0.05) is 17.0 Å². The minimum atomic E-state index is -4.96. The van der Waals surface area contributed by atoms with Crippen molar-refractivity contribution in [3.05, 3.63) is 89.9 Å². The summed E-state index contributed by atoms with van der Waals surface area (Å²) < 4.78 is 56.5. The molecule has 0 unspecified atom stereocenters. The number of alkyl halides is 3. The predicted octanol–water partition coefficient (Wildman–Crippen LogP) is 4.28. The van der Waals surface area contributed by atoms with Crippen LogP contribution in [0.1, 0.15) is 21.6 Å². The molecule has 1 amide bonds. The molecule has 0 radical (unpaired) electrons. The van der Waals surface area contributed by atoms with Gasteiger partial charge in [-0.2, -0.15) is 33.7 Å². The molecule has 2 aromatic carbocycles. The van der Waals surface area contributed by atoms with Gasteiger partial charge in [0.15, 0.2) is 11.5 Å². The smallest absolute Gasteiger partial charge is 0.320 e. The van der Waals surface area contributed by atoms with Gasteiger partial charge < -0.3 is 5.32 Å². The second-order valence-corrected chi connectivity index (χ2v) is 7.43. The van der Waals surface area contributed by atoms with Crippen LogP contribution in [0.2, 0.25) is 0 Å². The molecular weight excluding hydrogens is 480 g/mol. The van der Waals surface area contributed by atoms with Crippen LogP contribution in [0, 0.1) is 17.1 Å². The highest BCUT2D eigenvalue weighted by Gasteiger charge is 2.39. The van der Waals surface area contributed by atoms with E-state index in [2.05, 4.69) is 25.6 Å². The molecule has 5 rings (SSSR count). The highest BCUT2D eigenvalue weighted by atomic mass is 19.4. The minimum absolute atomic E-state index is 0.0199. The summed E-state index contributed by atoms with van der Waals surface area (Å²) >= 11 is 0. The van der Waals surface area contributed by atoms with Crippen molar-refractivity contribution >= 4 is 22.4 Å². The van der Waals surface area contributed by atoms with Crippen LogP contribution in [-0.2, 0) is 6.18 Å². The summed E-state index contributed by atoms with van der Waals surface area (Å²) in [5, 5.41) is 23.6. The third-order valence-electron chi connectivity index (χ3n) is 5.18. The Hall–Kier alpha value is -5.12. The third kappa shape index (κ3) is 4.00. The number of pyridine rings is 1. The van der Waals surface area contributed by atoms with E-state index < -0.39 is 29.2 Å². The van der Waals surface area contributed by atoms with Gasteiger partial charge in [-0.15, -0.1) is 4.80 Å². The molecule has 5 aromatic rings. The summed E-state index contributed by atoms with van der Waals surface area (Å²) in [7, 11) is 0. The van der Waals surface area contributed by atoms with E-state index in [1.165, 1.54) is 36.7 Å². The first-order chi connectivity index (χ1) is 17.3. The monoisotopic (exact) mass is 492 g/mol. The number of nitriles is 1. The average molecular weight is 492 g/mol. The Morgan fingerprint density at radius 1 is 1.06 bits per heavy atom. The van der Waals surface area contributed by atoms with Crippen molar-refractivity contribution in [2.45, 2.75) is 6.18 Å². The molecule has 13 heteroatoms. The van der Waals surface area contributed by atoms with E-state index in [-0.39, 0.29) is 28.1 Å². The average Bonchev–Trinajstić information content (AvgIpc) is 3.55. The molecular formula is C23H12F4N8O. The van der Waals surface area contributed by atoms with E-state index in [9.17, 15) is 27.6 Å². The first-order valence-corrected chi connectivity index (χ1v) is 10.2. The number of carbonyl (C=O) groups is 1. The van der Waals surface area contributed by atoms with Gasteiger partial charge in [-0.05, 0) is 18.2 Å². The molecule has 178 valence electrons. The lowest BCUT2D eigenvalue weighted by Crippen LogP contribution is -2.18. The summed E-state index contributed by atoms with van der Waals surface area (Å²) in [5.74, 6) is -1.60. The summed E-state index contributed by atoms with van der Waals surface area (Å²) in [6.45, 7) is 0. The normalized spacial score (nSPS) is 11.4. The Kier molecular flexibility index (Phi) is 5.40. The minimum Gasteiger partial charge on any atom is -0.320 e. The van der Waals surface area contributed by atoms with Crippen molar-refractivity contribution in [2.24, 2.45) is 0 Å². The first-order valence-electron chi connectivity index (χ1n) is 10.2. The SMILES string of the molecule is N#Cc1cc(NC(=O)c2cn(-c3ccc(F)c4ccccc34)nc2C(F)(F)F)cnc1-n1nccn1. The molecule has 3 aromatic heterocycles. The van der Waals surface area contributed by atoms with E-state index in [0.717, 1.165) is 27.9 Å². The molecule has 0 spiro atoms. The Morgan fingerprint density at radius 3 is 2.47 bits per heavy atom. The standard InChI is InChI=1S/C23H12F4N8O/c24-18-5-6-19(16-4-2-1-3-15(16)18)34-12-17(20(33-34)23(25,26)27)22(36)32-14-9-13(10-28)21(29-11-14)35-30-7-8-31-35/h1-9,11-12H,(H,32,36). The first kappa shape index (κ1) is 22.7. The molecule has 0 fully saturated rings. The van der Waals surface area contributed by atoms with Gasteiger partial charge in [0.25, 0.3) is 5.91 Å². The summed E-state index contributed by atoms with van der Waals surface area (Å²) in [4.78, 5) is 18.0. The lowest BCUT2D eigenvalue weighted by Gasteiger charge is -2.08. The number of carbonyl (C=O) groups excluding carboxylic acids is 1. The van der Waals surface area contributed by atoms with Crippen LogP contribution in [0.25, 0.3) is 22.3 Å². The molecule has 1 N–H and O–H groups in total. The molecule has 0 saturated carbocycles. The van der Waals surface area contributed by atoms with Gasteiger partial charge in [-0.1, -0.05) is 24.3 Å². The number of amides is 1. The highest BCUT2D eigenvalue weighted by Crippen LogP contribution is 2.33. The molecule has 0 saturated heterocycles. The maximum atomic E-state index is 14.2. The van der Waals surface area contributed by atoms with Crippen LogP contribution < -0.4 is 5.32 Å². The topological polar surface area (TPSA) is 114 Å². The zero-order valence-electron chi connectivity index (χ0n) is 17.9. The van der Waals surface area contributed by atoms with Crippen molar-refractivity contribution in [2.75, 3.05) is 5.32 Å². The number of aromatic nitrogens is 6. The van der Waals surface area contributed by atoms with Gasteiger partial charge in [0.2, 0.25) is 0 Å². The Balaban J connectivity index is 1.54. The molecule has 0 aliphatic carbocycles. The molecule has 36 heavy (non-hydrogen) atoms. The third-order valence-corrected chi connectivity index (χ3v) is 5.18. The second-order valence-electron chi connectivity index (χ2n) is 7.43. The van der Waals surface area contributed by atoms with Crippen LogP contribution in [0.15, 0.2) is 67.3 Å². The number of hydrogen-bond donors (Lipinski definition) is 1. The Morgan fingerprint density at radius 2 is 1.78 bits per heavy atom. The highest BCUT2D eigenvalue weighted by molar-refractivity contribution is 6.05. The number of fused-ring (bicyclic) bond motifs is 1. The zero-order chi connectivity index (χ0) is 25.4. The Bertz CT molecular complexity index is 1650. The van der Waals surface area contributed by atoms with Crippen LogP contribution in [-0.4, -0.2) is 35.7 Å². The molecule has 0 aliphatic rings. The number of halogens is 4. The van der Waals surface area contributed by atoms with Crippen molar-refractivity contribution in [1.82, 2.24) is 29.8 Å². The van der Waals surface area contributed by atoms with Gasteiger partial charge in [-0.25, -0.2) is 14.1 Å². The Labute approximate surface area is 199 Å². The number of rotatable bonds is 4. The zero-order valence-corrected chi connectivity index (χ0v) is 17.9. The van der Waals surface area contributed by atoms with E-state index in [1.54, 1.807) is 12.1 Å². The lowest BCUT2D eigenvalue weighted by molar-refractivity contribution is -0.141. The summed E-state index contributed by atoms with van der Waals surface area (Å²) in [5.41, 5.74) is -2.10. The van der Waals surface area contributed by atoms with Gasteiger partial charge in [0.05, 0.1) is 35.5 Å². The van der Waals surface area contributed by atoms with Crippen molar-refractivity contribution in [3.8, 4) is 17.6 Å². The fourth-order valence-corrected chi connectivity index (χ4v) is 3.61. The van der Waals surface area contributed by atoms with Crippen molar-refractivity contribution in [3.63, 3.8) is 0 Å². The number of hydrogen-bond acceptors (Lipinski definition) is 6. The molecule has 0 bridgehead atoms. The molecule has 3 heterocycles. The molecule has 9 nitrogen and oxygen atoms in total. The molecule has 0 aliphatic heterocycles. The van der Waals surface area contributed by atoms with Crippen molar-refractivity contribution in [1.29, 1.82) is 5.26 Å². The number of anilines is 1. The maximum absolute atomic E-state index is 14.2. The number of benzene rings is 2. The van der Waals surface area contributed by atoms with Crippen LogP contribution in [0.3, 0.4) is 0 Å². The van der Waals surface area contributed by atoms with E-state index >= 15 is 0 Å². The predicted molar refractivity (Wildman–Crippen MR) is 118 cm³/mol. The fraction of sp³-hybridized carbons (Fsp3) is 0.0435. The van der Waals surface area contributed by atoms with Gasteiger partial charge in [0.1, 0.15) is 17.4 Å². The largest absolute Gasteiger partial charge is 0.435 e. The fourth-order valence-electron chi connectivity index (χ4n) is 3.61. The summed E-state index contributed by atoms with van der Waals surface area (Å²) in [6, 6.07) is 11.7. The lowest BCUT2D eigenvalue weighted by atomic mass is 10.1. The number of nitrogens with one attached hydrogen (secondary N) is 1.